The summed E-state index contributed by atoms with van der Waals surface area (Å²) in [6.07, 6.45) is 5.80. The summed E-state index contributed by atoms with van der Waals surface area (Å²) < 4.78 is 7.10. The summed E-state index contributed by atoms with van der Waals surface area (Å²) in [7, 11) is 0. The molecule has 0 aliphatic heterocycles. The number of rotatable bonds is 6. The van der Waals surface area contributed by atoms with Gasteiger partial charge in [0.05, 0.1) is 12.4 Å². The standard InChI is InChI=1S/C16H13N5O4/c1-2-7-25-13-4-3-10(8-12(13)21-6-5-18-20-21)14-17-9-11(16(23)24)15(22)19-14/h2-6,8-9H,1,7H2,(H,23,24)(H,17,19,22). The van der Waals surface area contributed by atoms with Crippen LogP contribution in [0.3, 0.4) is 0 Å². The summed E-state index contributed by atoms with van der Waals surface area (Å²) in [6.45, 7) is 3.92. The maximum Gasteiger partial charge on any atom is 0.342 e. The van der Waals surface area contributed by atoms with Crippen LogP contribution >= 0.6 is 0 Å². The number of hydrogen-bond acceptors (Lipinski definition) is 6. The van der Waals surface area contributed by atoms with Gasteiger partial charge < -0.3 is 14.8 Å². The molecule has 0 aliphatic carbocycles. The van der Waals surface area contributed by atoms with Gasteiger partial charge in [0.25, 0.3) is 5.56 Å². The zero-order chi connectivity index (χ0) is 17.8. The van der Waals surface area contributed by atoms with Crippen LogP contribution in [0.4, 0.5) is 0 Å². The molecule has 25 heavy (non-hydrogen) atoms. The molecule has 0 aliphatic rings. The second kappa shape index (κ2) is 6.79. The van der Waals surface area contributed by atoms with Crippen LogP contribution in [-0.2, 0) is 0 Å². The minimum atomic E-state index is -1.34. The van der Waals surface area contributed by atoms with Crippen molar-refractivity contribution in [2.24, 2.45) is 0 Å². The van der Waals surface area contributed by atoms with Crippen molar-refractivity contribution in [3.8, 4) is 22.8 Å². The monoisotopic (exact) mass is 339 g/mol. The highest BCUT2D eigenvalue weighted by Gasteiger charge is 2.13. The first kappa shape index (κ1) is 16.1. The molecule has 2 heterocycles. The normalized spacial score (nSPS) is 10.4. The lowest BCUT2D eigenvalue weighted by atomic mass is 10.1. The molecule has 0 atom stereocenters. The fourth-order valence-corrected chi connectivity index (χ4v) is 2.15. The third-order valence-electron chi connectivity index (χ3n) is 3.29. The molecule has 0 fully saturated rings. The molecule has 9 nitrogen and oxygen atoms in total. The Bertz CT molecular complexity index is 978. The molecule has 0 amide bonds. The molecule has 0 bridgehead atoms. The topological polar surface area (TPSA) is 123 Å². The molecule has 0 radical (unpaired) electrons. The quantitative estimate of drug-likeness (QED) is 0.648. The molecule has 0 unspecified atom stereocenters. The maximum absolute atomic E-state index is 11.8. The first-order valence-electron chi connectivity index (χ1n) is 7.17. The van der Waals surface area contributed by atoms with Crippen molar-refractivity contribution >= 4 is 5.97 Å². The predicted octanol–water partition coefficient (Wildman–Crippen LogP) is 1.28. The molecular weight excluding hydrogens is 326 g/mol. The van der Waals surface area contributed by atoms with E-state index in [-0.39, 0.29) is 5.82 Å². The van der Waals surface area contributed by atoms with Crippen molar-refractivity contribution in [2.75, 3.05) is 6.61 Å². The van der Waals surface area contributed by atoms with E-state index in [4.69, 9.17) is 9.84 Å². The average molecular weight is 339 g/mol. The number of benzene rings is 1. The van der Waals surface area contributed by atoms with Crippen LogP contribution in [0, 0.1) is 0 Å². The molecule has 0 saturated heterocycles. The third kappa shape index (κ3) is 3.29. The minimum Gasteiger partial charge on any atom is -0.487 e. The van der Waals surface area contributed by atoms with Gasteiger partial charge in [-0.25, -0.2) is 14.5 Å². The number of aromatic nitrogens is 5. The second-order valence-corrected chi connectivity index (χ2v) is 4.91. The lowest BCUT2D eigenvalue weighted by molar-refractivity contribution is 0.0694. The van der Waals surface area contributed by atoms with Crippen LogP contribution in [0.2, 0.25) is 0 Å². The predicted molar refractivity (Wildman–Crippen MR) is 87.9 cm³/mol. The molecule has 3 rings (SSSR count). The van der Waals surface area contributed by atoms with Crippen molar-refractivity contribution in [3.05, 3.63) is 65.4 Å². The Kier molecular flexibility index (Phi) is 4.38. The summed E-state index contributed by atoms with van der Waals surface area (Å²) in [4.78, 5) is 29.2. The number of aromatic carboxylic acids is 1. The van der Waals surface area contributed by atoms with Crippen LogP contribution < -0.4 is 10.3 Å². The Morgan fingerprint density at radius 2 is 2.28 bits per heavy atom. The van der Waals surface area contributed by atoms with Crippen molar-refractivity contribution in [3.63, 3.8) is 0 Å². The van der Waals surface area contributed by atoms with Crippen molar-refractivity contribution in [2.45, 2.75) is 0 Å². The summed E-state index contributed by atoms with van der Waals surface area (Å²) in [5, 5.41) is 16.6. The minimum absolute atomic E-state index is 0.228. The molecule has 3 aromatic rings. The highest BCUT2D eigenvalue weighted by molar-refractivity contribution is 5.86. The molecule has 0 spiro atoms. The Hall–Kier alpha value is -3.75. The molecule has 126 valence electrons. The van der Waals surface area contributed by atoms with E-state index < -0.39 is 17.1 Å². The lowest BCUT2D eigenvalue weighted by Gasteiger charge is -2.11. The lowest BCUT2D eigenvalue weighted by Crippen LogP contribution is -2.18. The van der Waals surface area contributed by atoms with E-state index in [1.165, 1.54) is 10.9 Å². The third-order valence-corrected chi connectivity index (χ3v) is 3.29. The number of carbonyl (C=O) groups is 1. The highest BCUT2D eigenvalue weighted by Crippen LogP contribution is 2.27. The van der Waals surface area contributed by atoms with Crippen LogP contribution in [0.5, 0.6) is 5.75 Å². The van der Waals surface area contributed by atoms with E-state index in [1.54, 1.807) is 30.5 Å². The first-order chi connectivity index (χ1) is 12.1. The number of aromatic amines is 1. The van der Waals surface area contributed by atoms with Gasteiger partial charge in [0, 0.05) is 11.8 Å². The Labute approximate surface area is 141 Å². The van der Waals surface area contributed by atoms with Gasteiger partial charge in [-0.05, 0) is 18.2 Å². The summed E-state index contributed by atoms with van der Waals surface area (Å²) in [5.74, 6) is -0.568. The first-order valence-corrected chi connectivity index (χ1v) is 7.17. The van der Waals surface area contributed by atoms with E-state index in [0.717, 1.165) is 6.20 Å². The van der Waals surface area contributed by atoms with Crippen LogP contribution in [0.15, 0.2) is 54.2 Å². The molecule has 2 N–H and O–H groups in total. The number of nitrogens with one attached hydrogen (secondary N) is 1. The number of hydrogen-bond donors (Lipinski definition) is 2. The Morgan fingerprint density at radius 1 is 1.44 bits per heavy atom. The van der Waals surface area contributed by atoms with Crippen molar-refractivity contribution < 1.29 is 14.6 Å². The molecule has 9 heteroatoms. The molecule has 1 aromatic carbocycles. The average Bonchev–Trinajstić information content (AvgIpc) is 3.14. The fraction of sp³-hybridized carbons (Fsp3) is 0.0625. The highest BCUT2D eigenvalue weighted by atomic mass is 16.5. The van der Waals surface area contributed by atoms with Gasteiger partial charge in [0.2, 0.25) is 0 Å². The van der Waals surface area contributed by atoms with Crippen molar-refractivity contribution in [1.29, 1.82) is 0 Å². The van der Waals surface area contributed by atoms with Gasteiger partial charge in [-0.15, -0.1) is 5.10 Å². The largest absolute Gasteiger partial charge is 0.487 e. The summed E-state index contributed by atoms with van der Waals surface area (Å²) >= 11 is 0. The van der Waals surface area contributed by atoms with Crippen LogP contribution in [-0.4, -0.2) is 42.6 Å². The van der Waals surface area contributed by atoms with Crippen LogP contribution in [0.25, 0.3) is 17.1 Å². The van der Waals surface area contributed by atoms with Gasteiger partial charge in [-0.2, -0.15) is 0 Å². The van der Waals surface area contributed by atoms with Crippen molar-refractivity contribution in [1.82, 2.24) is 25.0 Å². The maximum atomic E-state index is 11.8. The van der Waals surface area contributed by atoms with Gasteiger partial charge in [0.15, 0.2) is 0 Å². The number of ether oxygens (including phenoxy) is 1. The van der Waals surface area contributed by atoms with Gasteiger partial charge in [-0.1, -0.05) is 17.9 Å². The van der Waals surface area contributed by atoms with Gasteiger partial charge in [-0.3, -0.25) is 4.79 Å². The number of carboxylic acid groups (broad SMARTS) is 1. The smallest absolute Gasteiger partial charge is 0.342 e. The summed E-state index contributed by atoms with van der Waals surface area (Å²) in [6, 6.07) is 5.09. The molecular formula is C16H13N5O4. The fourth-order valence-electron chi connectivity index (χ4n) is 2.15. The zero-order valence-electron chi connectivity index (χ0n) is 12.9. The van der Waals surface area contributed by atoms with E-state index in [2.05, 4.69) is 26.9 Å². The van der Waals surface area contributed by atoms with E-state index in [1.807, 2.05) is 0 Å². The van der Waals surface area contributed by atoms with Gasteiger partial charge in [0.1, 0.15) is 29.4 Å². The zero-order valence-corrected chi connectivity index (χ0v) is 12.9. The van der Waals surface area contributed by atoms with E-state index >= 15 is 0 Å². The Balaban J connectivity index is 2.07. The SMILES string of the molecule is C=CCOc1ccc(-c2ncc(C(=O)O)c(=O)[nH]2)cc1-n1ccnn1. The van der Waals surface area contributed by atoms with Gasteiger partial charge >= 0.3 is 5.97 Å². The number of nitrogens with zero attached hydrogens (tertiary/aromatic N) is 4. The number of carboxylic acids is 1. The second-order valence-electron chi connectivity index (χ2n) is 4.91. The Morgan fingerprint density at radius 3 is 2.92 bits per heavy atom. The van der Waals surface area contributed by atoms with Crippen LogP contribution in [0.1, 0.15) is 10.4 Å². The van der Waals surface area contributed by atoms with E-state index in [9.17, 15) is 9.59 Å². The molecule has 2 aromatic heterocycles. The summed E-state index contributed by atoms with van der Waals surface area (Å²) in [5.41, 5.74) is -0.00900. The molecule has 0 saturated carbocycles. The van der Waals surface area contributed by atoms with E-state index in [0.29, 0.717) is 23.6 Å². The number of H-pyrrole nitrogens is 1.